The fraction of sp³-hybridized carbons (Fsp3) is 0. The second-order valence-corrected chi connectivity index (χ2v) is 5.56. The summed E-state index contributed by atoms with van der Waals surface area (Å²) in [6, 6.07) is 10.7. The van der Waals surface area contributed by atoms with Crippen LogP contribution >= 0.6 is 0 Å². The summed E-state index contributed by atoms with van der Waals surface area (Å²) in [6.07, 6.45) is 0. The van der Waals surface area contributed by atoms with Crippen molar-refractivity contribution in [3.8, 4) is 0 Å². The van der Waals surface area contributed by atoms with Gasteiger partial charge in [-0.1, -0.05) is 0 Å². The Morgan fingerprint density at radius 1 is 1.11 bits per heavy atom. The molecule has 0 saturated heterocycles. The quantitative estimate of drug-likeness (QED) is 0.489. The van der Waals surface area contributed by atoms with Crippen LogP contribution in [0.5, 0.6) is 0 Å². The van der Waals surface area contributed by atoms with E-state index >= 15 is 0 Å². The molecule has 0 aliphatic rings. The van der Waals surface area contributed by atoms with E-state index in [1.165, 1.54) is 0 Å². The molecule has 0 aromatic heterocycles. The van der Waals surface area contributed by atoms with E-state index in [9.17, 15) is 0 Å². The topological polar surface area (TPSA) is 0 Å². The first-order valence-corrected chi connectivity index (χ1v) is 9.09. The Morgan fingerprint density at radius 3 is 2.00 bits per heavy atom. The molecule has 3 heteroatoms. The second-order valence-electron chi connectivity index (χ2n) is 1.46. The van der Waals surface area contributed by atoms with Crippen molar-refractivity contribution in [2.75, 3.05) is 0 Å². The molecule has 0 fully saturated rings. The van der Waals surface area contributed by atoms with Gasteiger partial charge in [0.2, 0.25) is 0 Å². The molecule has 0 aliphatic heterocycles. The molecule has 0 aliphatic carbocycles. The minimum absolute atomic E-state index is 0. The van der Waals surface area contributed by atoms with E-state index in [0.717, 1.165) is 0 Å². The molecule has 44 valence electrons. The monoisotopic (exact) mass is 310 g/mol. The van der Waals surface area contributed by atoms with Crippen LogP contribution < -0.4 is 20.6 Å². The first-order valence-electron chi connectivity index (χ1n) is 2.40. The number of rotatable bonds is 1. The van der Waals surface area contributed by atoms with E-state index in [-0.39, 0.29) is 34.2 Å². The predicted octanol–water partition coefficient (Wildman–Crippen LogP) is -2.90. The van der Waals surface area contributed by atoms with Gasteiger partial charge in [0.25, 0.3) is 0 Å². The van der Waals surface area contributed by atoms with Crippen LogP contribution in [0.2, 0.25) is 0 Å². The molecule has 0 heterocycles. The number of halogens is 1. The van der Waals surface area contributed by atoms with Crippen molar-refractivity contribution in [1.82, 2.24) is 0 Å². The molecule has 0 amide bonds. The van der Waals surface area contributed by atoms with Gasteiger partial charge >= 0.3 is 69.1 Å². The Bertz CT molecular complexity index is 154. The van der Waals surface area contributed by atoms with Gasteiger partial charge in [0.05, 0.1) is 0 Å². The molecule has 1 rings (SSSR count). The number of hydrogen-bond acceptors (Lipinski definition) is 0. The van der Waals surface area contributed by atoms with Crippen LogP contribution in [-0.2, 0) is 0 Å². The van der Waals surface area contributed by atoms with E-state index in [1.807, 2.05) is 0 Å². The molecular formula is C6H5BrMgTe. The second kappa shape index (κ2) is 6.00. The maximum absolute atomic E-state index is 2.20. The molecule has 0 spiro atoms. The molecular weight excluding hydrogens is 304 g/mol. The zero-order valence-electron chi connectivity index (χ0n) is 4.88. The van der Waals surface area contributed by atoms with E-state index in [0.29, 0.717) is 0 Å². The standard InChI is InChI=1S/C6H6Te.BrH.Mg/c7-6-4-2-1-3-5-6;;/h1-5,7H;1H;/q;;+2/p-2. The molecule has 0 bridgehead atoms. The van der Waals surface area contributed by atoms with Gasteiger partial charge in [0, 0.05) is 0 Å². The molecule has 9 heavy (non-hydrogen) atoms. The van der Waals surface area contributed by atoms with Crippen LogP contribution in [-0.4, -0.2) is 35.1 Å². The Balaban J connectivity index is 0.000000640. The predicted molar refractivity (Wildman–Crippen MR) is 37.6 cm³/mol. The van der Waals surface area contributed by atoms with Gasteiger partial charge < -0.3 is 17.0 Å². The van der Waals surface area contributed by atoms with Crippen molar-refractivity contribution in [1.29, 1.82) is 0 Å². The fourth-order valence-corrected chi connectivity index (χ4v) is 2.81. The Morgan fingerprint density at radius 2 is 1.67 bits per heavy atom. The van der Waals surface area contributed by atoms with Crippen molar-refractivity contribution in [2.24, 2.45) is 0 Å². The SMILES string of the molecule is [Br-].[Mg+][Te]c1ccccc1. The Kier molecular flexibility index (Phi) is 6.83. The van der Waals surface area contributed by atoms with E-state index in [4.69, 9.17) is 0 Å². The molecule has 0 N–H and O–H groups in total. The van der Waals surface area contributed by atoms with Crippen LogP contribution in [0.1, 0.15) is 0 Å². The molecule has 0 nitrogen and oxygen atoms in total. The van der Waals surface area contributed by atoms with E-state index < -0.39 is 0 Å². The van der Waals surface area contributed by atoms with Crippen molar-refractivity contribution in [2.45, 2.75) is 0 Å². The number of hydrogen-bond donors (Lipinski definition) is 0. The third-order valence-corrected chi connectivity index (χ3v) is 4.87. The molecule has 0 unspecified atom stereocenters. The normalized spacial score (nSPS) is 8.22. The molecule has 0 atom stereocenters. The summed E-state index contributed by atoms with van der Waals surface area (Å²) in [7, 11) is 0. The minimum atomic E-state index is 0. The van der Waals surface area contributed by atoms with Crippen LogP contribution in [0.3, 0.4) is 0 Å². The third-order valence-electron chi connectivity index (χ3n) is 0.910. The summed E-state index contributed by atoms with van der Waals surface area (Å²) in [6.45, 7) is 0. The fourth-order valence-electron chi connectivity index (χ4n) is 0.517. The van der Waals surface area contributed by atoms with E-state index in [1.54, 1.807) is 3.61 Å². The molecule has 0 saturated carbocycles. The van der Waals surface area contributed by atoms with Crippen LogP contribution in [0.4, 0.5) is 0 Å². The van der Waals surface area contributed by atoms with Crippen LogP contribution in [0, 0.1) is 0 Å². The summed E-state index contributed by atoms with van der Waals surface area (Å²) in [5.41, 5.74) is 0. The maximum atomic E-state index is 2.20. The van der Waals surface area contributed by atoms with Gasteiger partial charge in [-0.2, -0.15) is 0 Å². The van der Waals surface area contributed by atoms with Crippen molar-refractivity contribution < 1.29 is 17.0 Å². The average Bonchev–Trinajstić information content (AvgIpc) is 1.90. The summed E-state index contributed by atoms with van der Waals surface area (Å²) in [5.74, 6) is 0. The third kappa shape index (κ3) is 3.85. The first kappa shape index (κ1) is 10.3. The first-order chi connectivity index (χ1) is 3.93. The van der Waals surface area contributed by atoms with Crippen LogP contribution in [0.15, 0.2) is 30.3 Å². The zero-order chi connectivity index (χ0) is 5.82. The molecule has 1 aromatic rings. The van der Waals surface area contributed by atoms with Crippen molar-refractivity contribution in [3.05, 3.63) is 30.3 Å². The van der Waals surface area contributed by atoms with Gasteiger partial charge in [0.1, 0.15) is 0 Å². The van der Waals surface area contributed by atoms with Gasteiger partial charge in [-0.3, -0.25) is 0 Å². The summed E-state index contributed by atoms with van der Waals surface area (Å²) in [5, 5.41) is 0. The van der Waals surface area contributed by atoms with Gasteiger partial charge in [-0.25, -0.2) is 0 Å². The van der Waals surface area contributed by atoms with E-state index in [2.05, 4.69) is 48.2 Å². The van der Waals surface area contributed by atoms with Crippen LogP contribution in [0.25, 0.3) is 0 Å². The van der Waals surface area contributed by atoms with Gasteiger partial charge in [0.15, 0.2) is 0 Å². The average molecular weight is 309 g/mol. The van der Waals surface area contributed by atoms with Gasteiger partial charge in [-0.15, -0.1) is 0 Å². The molecule has 1 aromatic carbocycles. The number of benzene rings is 1. The Labute approximate surface area is 85.0 Å². The summed E-state index contributed by atoms with van der Waals surface area (Å²) < 4.78 is 1.55. The summed E-state index contributed by atoms with van der Waals surface area (Å²) >= 11 is 2.30. The summed E-state index contributed by atoms with van der Waals surface area (Å²) in [4.78, 5) is 0. The molecule has 0 radical (unpaired) electrons. The Hall–Kier alpha value is 1.26. The zero-order valence-corrected chi connectivity index (χ0v) is 10.2. The van der Waals surface area contributed by atoms with Gasteiger partial charge in [-0.05, 0) is 0 Å². The van der Waals surface area contributed by atoms with Crippen molar-refractivity contribution in [3.63, 3.8) is 0 Å². The van der Waals surface area contributed by atoms with Crippen molar-refractivity contribution >= 4 is 38.7 Å².